The van der Waals surface area contributed by atoms with E-state index >= 15 is 0 Å². The van der Waals surface area contributed by atoms with Crippen molar-refractivity contribution >= 4 is 11.8 Å². The third-order valence-corrected chi connectivity index (χ3v) is 5.34. The van der Waals surface area contributed by atoms with Gasteiger partial charge in [-0.1, -0.05) is 0 Å². The van der Waals surface area contributed by atoms with Crippen molar-refractivity contribution < 1.29 is 9.59 Å². The first-order valence-electron chi connectivity index (χ1n) is 8.97. The number of nitrogens with zero attached hydrogens (tertiary/aromatic N) is 2. The second kappa shape index (κ2) is 7.93. The van der Waals surface area contributed by atoms with Crippen LogP contribution in [0.2, 0.25) is 0 Å². The predicted octanol–water partition coefficient (Wildman–Crippen LogP) is 0.00150. The Labute approximate surface area is 148 Å². The molecule has 2 saturated heterocycles. The normalized spacial score (nSPS) is 22.7. The lowest BCUT2D eigenvalue weighted by molar-refractivity contribution is -0.125. The van der Waals surface area contributed by atoms with Crippen LogP contribution in [0.1, 0.15) is 29.6 Å². The van der Waals surface area contributed by atoms with Gasteiger partial charge in [-0.25, -0.2) is 0 Å². The third kappa shape index (κ3) is 4.35. The highest BCUT2D eigenvalue weighted by molar-refractivity contribution is 5.93. The molecule has 3 N–H and O–H groups in total. The van der Waals surface area contributed by atoms with E-state index in [4.69, 9.17) is 0 Å². The number of likely N-dealkylation sites (tertiary alicyclic amines) is 1. The molecule has 0 bridgehead atoms. The van der Waals surface area contributed by atoms with E-state index in [2.05, 4.69) is 25.8 Å². The summed E-state index contributed by atoms with van der Waals surface area (Å²) in [5, 5.41) is 9.15. The standard InChI is InChI=1S/C18H27N5O2/c1-23-13-18(4-7-19-8-5-18)11-15(23)17(25)22-10-9-21-16(24)14-3-2-6-20-12-14/h2-3,6,12,15,19H,4-5,7-11,13H2,1H3,(H,21,24)(H,22,25). The van der Waals surface area contributed by atoms with E-state index in [-0.39, 0.29) is 23.3 Å². The molecule has 0 aliphatic carbocycles. The molecule has 2 aliphatic rings. The number of piperidine rings is 1. The summed E-state index contributed by atoms with van der Waals surface area (Å²) in [5.74, 6) is -0.109. The van der Waals surface area contributed by atoms with E-state index in [1.165, 1.54) is 6.20 Å². The average molecular weight is 345 g/mol. The summed E-state index contributed by atoms with van der Waals surface area (Å²) in [5.41, 5.74) is 0.813. The molecular formula is C18H27N5O2. The maximum Gasteiger partial charge on any atom is 0.252 e. The fraction of sp³-hybridized carbons (Fsp3) is 0.611. The van der Waals surface area contributed by atoms with Crippen LogP contribution in [0.3, 0.4) is 0 Å². The summed E-state index contributed by atoms with van der Waals surface area (Å²) in [6.07, 6.45) is 6.37. The lowest BCUT2D eigenvalue weighted by Gasteiger charge is -2.33. The Hall–Kier alpha value is -1.99. The molecule has 3 rings (SSSR count). The minimum atomic E-state index is -0.172. The number of pyridine rings is 1. The number of hydrogen-bond acceptors (Lipinski definition) is 5. The van der Waals surface area contributed by atoms with Crippen LogP contribution in [0.25, 0.3) is 0 Å². The molecule has 2 fully saturated rings. The average Bonchev–Trinajstić information content (AvgIpc) is 2.95. The SMILES string of the molecule is CN1CC2(CCNCC2)CC1C(=O)NCCNC(=O)c1cccnc1. The molecule has 0 radical (unpaired) electrons. The molecule has 25 heavy (non-hydrogen) atoms. The van der Waals surface area contributed by atoms with Crippen LogP contribution in [0.4, 0.5) is 0 Å². The van der Waals surface area contributed by atoms with E-state index < -0.39 is 0 Å². The molecule has 0 aromatic carbocycles. The molecule has 1 spiro atoms. The van der Waals surface area contributed by atoms with Gasteiger partial charge in [-0.15, -0.1) is 0 Å². The highest BCUT2D eigenvalue weighted by Crippen LogP contribution is 2.41. The second-order valence-electron chi connectivity index (χ2n) is 7.17. The van der Waals surface area contributed by atoms with Crippen LogP contribution in [0.5, 0.6) is 0 Å². The molecule has 7 heteroatoms. The Kier molecular flexibility index (Phi) is 5.65. The summed E-state index contributed by atoms with van der Waals surface area (Å²) < 4.78 is 0. The number of nitrogens with one attached hydrogen (secondary N) is 3. The van der Waals surface area contributed by atoms with Gasteiger partial charge in [-0.3, -0.25) is 19.5 Å². The summed E-state index contributed by atoms with van der Waals surface area (Å²) in [7, 11) is 2.03. The van der Waals surface area contributed by atoms with Crippen molar-refractivity contribution in [3.05, 3.63) is 30.1 Å². The molecule has 1 aromatic heterocycles. The van der Waals surface area contributed by atoms with Crippen LogP contribution in [-0.2, 0) is 4.79 Å². The molecule has 1 aromatic rings. The Morgan fingerprint density at radius 2 is 2.08 bits per heavy atom. The molecule has 7 nitrogen and oxygen atoms in total. The van der Waals surface area contributed by atoms with Crippen molar-refractivity contribution in [3.63, 3.8) is 0 Å². The molecule has 0 saturated carbocycles. The summed E-state index contributed by atoms with van der Waals surface area (Å²) in [6.45, 7) is 3.92. The largest absolute Gasteiger partial charge is 0.353 e. The Morgan fingerprint density at radius 1 is 1.32 bits per heavy atom. The number of aromatic nitrogens is 1. The lowest BCUT2D eigenvalue weighted by atomic mass is 9.77. The molecule has 1 unspecified atom stereocenters. The number of carbonyl (C=O) groups is 2. The minimum Gasteiger partial charge on any atom is -0.353 e. The molecule has 3 heterocycles. The van der Waals surface area contributed by atoms with Crippen LogP contribution >= 0.6 is 0 Å². The fourth-order valence-corrected chi connectivity index (χ4v) is 3.96. The van der Waals surface area contributed by atoms with Crippen LogP contribution in [0, 0.1) is 5.41 Å². The first-order chi connectivity index (χ1) is 12.1. The Morgan fingerprint density at radius 3 is 2.80 bits per heavy atom. The fourth-order valence-electron chi connectivity index (χ4n) is 3.96. The van der Waals surface area contributed by atoms with Gasteiger partial charge in [0.2, 0.25) is 5.91 Å². The van der Waals surface area contributed by atoms with Gasteiger partial charge in [0.15, 0.2) is 0 Å². The maximum absolute atomic E-state index is 12.5. The van der Waals surface area contributed by atoms with Gasteiger partial charge in [-0.05, 0) is 56.9 Å². The maximum atomic E-state index is 12.5. The summed E-state index contributed by atoms with van der Waals surface area (Å²) in [6, 6.07) is 3.38. The van der Waals surface area contributed by atoms with E-state index in [0.717, 1.165) is 38.9 Å². The van der Waals surface area contributed by atoms with Gasteiger partial charge in [0.05, 0.1) is 11.6 Å². The van der Waals surface area contributed by atoms with E-state index in [0.29, 0.717) is 18.7 Å². The first kappa shape index (κ1) is 17.8. The van der Waals surface area contributed by atoms with Gasteiger partial charge in [0.25, 0.3) is 5.91 Å². The van der Waals surface area contributed by atoms with Gasteiger partial charge < -0.3 is 16.0 Å². The monoisotopic (exact) mass is 345 g/mol. The Balaban J connectivity index is 1.41. The van der Waals surface area contributed by atoms with Crippen LogP contribution in [-0.4, -0.2) is 67.5 Å². The van der Waals surface area contributed by atoms with Gasteiger partial charge in [-0.2, -0.15) is 0 Å². The van der Waals surface area contributed by atoms with Gasteiger partial charge in [0.1, 0.15) is 0 Å². The van der Waals surface area contributed by atoms with Crippen molar-refractivity contribution in [3.8, 4) is 0 Å². The minimum absolute atomic E-state index is 0.0628. The summed E-state index contributed by atoms with van der Waals surface area (Å²) in [4.78, 5) is 30.5. The van der Waals surface area contributed by atoms with E-state index in [1.807, 2.05) is 7.05 Å². The molecule has 1 atom stereocenters. The van der Waals surface area contributed by atoms with Crippen LogP contribution in [0.15, 0.2) is 24.5 Å². The number of rotatable bonds is 5. The molecule has 136 valence electrons. The van der Waals surface area contributed by atoms with Crippen molar-refractivity contribution in [1.82, 2.24) is 25.8 Å². The van der Waals surface area contributed by atoms with Gasteiger partial charge >= 0.3 is 0 Å². The zero-order valence-electron chi connectivity index (χ0n) is 14.8. The van der Waals surface area contributed by atoms with E-state index in [1.54, 1.807) is 18.3 Å². The first-order valence-corrected chi connectivity index (χ1v) is 8.97. The van der Waals surface area contributed by atoms with Gasteiger partial charge in [0, 0.05) is 32.0 Å². The number of likely N-dealkylation sites (N-methyl/N-ethyl adjacent to an activating group) is 1. The molecule has 2 amide bonds. The smallest absolute Gasteiger partial charge is 0.252 e. The van der Waals surface area contributed by atoms with Crippen molar-refractivity contribution in [1.29, 1.82) is 0 Å². The number of hydrogen-bond donors (Lipinski definition) is 3. The zero-order chi connectivity index (χ0) is 17.7. The van der Waals surface area contributed by atoms with Crippen molar-refractivity contribution in [2.24, 2.45) is 5.41 Å². The molecular weight excluding hydrogens is 318 g/mol. The number of carbonyl (C=O) groups excluding carboxylic acids is 2. The second-order valence-corrected chi connectivity index (χ2v) is 7.17. The van der Waals surface area contributed by atoms with Crippen molar-refractivity contribution in [2.45, 2.75) is 25.3 Å². The quantitative estimate of drug-likeness (QED) is 0.654. The van der Waals surface area contributed by atoms with Crippen molar-refractivity contribution in [2.75, 3.05) is 39.8 Å². The molecule has 2 aliphatic heterocycles. The predicted molar refractivity (Wildman–Crippen MR) is 95.2 cm³/mol. The Bertz CT molecular complexity index is 601. The highest BCUT2D eigenvalue weighted by Gasteiger charge is 2.45. The zero-order valence-corrected chi connectivity index (χ0v) is 14.8. The number of amides is 2. The topological polar surface area (TPSA) is 86.4 Å². The highest BCUT2D eigenvalue weighted by atomic mass is 16.2. The lowest BCUT2D eigenvalue weighted by Crippen LogP contribution is -2.44. The summed E-state index contributed by atoms with van der Waals surface area (Å²) >= 11 is 0. The van der Waals surface area contributed by atoms with Crippen LogP contribution < -0.4 is 16.0 Å². The van der Waals surface area contributed by atoms with E-state index in [9.17, 15) is 9.59 Å². The third-order valence-electron chi connectivity index (χ3n) is 5.34.